The van der Waals surface area contributed by atoms with Crippen molar-refractivity contribution in [1.29, 1.82) is 0 Å². The zero-order valence-electron chi connectivity index (χ0n) is 17.7. The minimum absolute atomic E-state index is 0.0994. The minimum Gasteiger partial charge on any atom is -0.306 e. The van der Waals surface area contributed by atoms with E-state index >= 15 is 0 Å². The van der Waals surface area contributed by atoms with Crippen LogP contribution in [0.1, 0.15) is 42.2 Å². The van der Waals surface area contributed by atoms with E-state index in [-0.39, 0.29) is 22.0 Å². The summed E-state index contributed by atoms with van der Waals surface area (Å²) in [4.78, 5) is 37.5. The lowest BCUT2D eigenvalue weighted by Crippen LogP contribution is -2.45. The third-order valence-corrected chi connectivity index (χ3v) is 4.83. The van der Waals surface area contributed by atoms with Gasteiger partial charge in [-0.05, 0) is 24.6 Å². The van der Waals surface area contributed by atoms with Crippen molar-refractivity contribution < 1.29 is 22.8 Å². The van der Waals surface area contributed by atoms with E-state index in [1.54, 1.807) is 24.3 Å². The molecule has 0 spiro atoms. The lowest BCUT2D eigenvalue weighted by atomic mass is 10.1. The van der Waals surface area contributed by atoms with Crippen molar-refractivity contribution >= 4 is 28.4 Å². The number of para-hydroxylation sites is 1. The fourth-order valence-corrected chi connectivity index (χ4v) is 3.23. The number of halogens is 3. The molecular formula is C22H22F3N5O3. The first-order valence-corrected chi connectivity index (χ1v) is 10.3. The van der Waals surface area contributed by atoms with Crippen LogP contribution >= 0.6 is 0 Å². The number of nitrogens with one attached hydrogen (secondary N) is 3. The quantitative estimate of drug-likeness (QED) is 0.380. The fraction of sp³-hybridized carbons (Fsp3) is 0.273. The van der Waals surface area contributed by atoms with Gasteiger partial charge < -0.3 is 5.32 Å². The van der Waals surface area contributed by atoms with Gasteiger partial charge in [0.25, 0.3) is 11.5 Å². The highest BCUT2D eigenvalue weighted by molar-refractivity contribution is 6.05. The Balaban J connectivity index is 1.78. The lowest BCUT2D eigenvalue weighted by Gasteiger charge is -2.15. The maximum absolute atomic E-state index is 13.1. The van der Waals surface area contributed by atoms with Crippen LogP contribution in [0.4, 0.5) is 23.7 Å². The molecule has 3 aromatic rings. The molecule has 3 N–H and O–H groups in total. The highest BCUT2D eigenvalue weighted by Gasteiger charge is 2.33. The molecule has 0 aliphatic rings. The number of alkyl halides is 3. The van der Waals surface area contributed by atoms with Crippen LogP contribution in [0.15, 0.2) is 53.3 Å². The Bertz CT molecular complexity index is 1220. The highest BCUT2D eigenvalue weighted by Crippen LogP contribution is 2.34. The molecular weight excluding hydrogens is 439 g/mol. The summed E-state index contributed by atoms with van der Waals surface area (Å²) in [6, 6.07) is 9.77. The molecule has 33 heavy (non-hydrogen) atoms. The normalized spacial score (nSPS) is 11.3. The summed E-state index contributed by atoms with van der Waals surface area (Å²) in [5.74, 6) is -0.824. The average Bonchev–Trinajstić information content (AvgIpc) is 2.79. The number of urea groups is 1. The lowest BCUT2D eigenvalue weighted by molar-refractivity contribution is -0.136. The summed E-state index contributed by atoms with van der Waals surface area (Å²) in [5, 5.41) is 6.79. The summed E-state index contributed by atoms with van der Waals surface area (Å²) in [6.45, 7) is 2.33. The standard InChI is InChI=1S/C22H22F3N5O3/c1-2-3-8-13-30-20(32)15-10-5-4-9-14(15)18(29-30)19(31)27-28-21(33)26-17-12-7-6-11-16(17)22(23,24)25/h4-7,9-12H,2-3,8,13H2,1H3,(H,27,31)(H2,26,28,33). The Hall–Kier alpha value is -3.89. The topological polar surface area (TPSA) is 105 Å². The van der Waals surface area contributed by atoms with Gasteiger partial charge in [-0.1, -0.05) is 50.1 Å². The molecule has 11 heteroatoms. The van der Waals surface area contributed by atoms with E-state index in [1.807, 2.05) is 12.3 Å². The zero-order chi connectivity index (χ0) is 24.0. The Kier molecular flexibility index (Phi) is 7.31. The van der Waals surface area contributed by atoms with Gasteiger partial charge in [-0.2, -0.15) is 18.3 Å². The Morgan fingerprint density at radius 2 is 1.64 bits per heavy atom. The van der Waals surface area contributed by atoms with E-state index in [0.29, 0.717) is 13.0 Å². The van der Waals surface area contributed by atoms with E-state index < -0.39 is 29.4 Å². The molecule has 0 aliphatic carbocycles. The molecule has 1 heterocycles. The molecule has 0 unspecified atom stereocenters. The number of unbranched alkanes of at least 4 members (excludes halogenated alkanes) is 2. The number of hydrogen-bond donors (Lipinski definition) is 3. The van der Waals surface area contributed by atoms with Gasteiger partial charge in [-0.3, -0.25) is 15.0 Å². The first-order chi connectivity index (χ1) is 15.7. The second kappa shape index (κ2) is 10.2. The van der Waals surface area contributed by atoms with E-state index in [4.69, 9.17) is 0 Å². The second-order valence-electron chi connectivity index (χ2n) is 7.21. The molecule has 0 bridgehead atoms. The molecule has 0 saturated heterocycles. The number of hydrazine groups is 1. The largest absolute Gasteiger partial charge is 0.418 e. The number of anilines is 1. The summed E-state index contributed by atoms with van der Waals surface area (Å²) in [7, 11) is 0. The van der Waals surface area contributed by atoms with Gasteiger partial charge in [0.2, 0.25) is 0 Å². The monoisotopic (exact) mass is 461 g/mol. The van der Waals surface area contributed by atoms with Crippen LogP contribution in [0.2, 0.25) is 0 Å². The SMILES string of the molecule is CCCCCn1nc(C(=O)NNC(=O)Nc2ccccc2C(F)(F)F)c2ccccc2c1=O. The molecule has 0 saturated carbocycles. The molecule has 3 rings (SSSR count). The van der Waals surface area contributed by atoms with Crippen molar-refractivity contribution in [2.24, 2.45) is 0 Å². The van der Waals surface area contributed by atoms with Gasteiger partial charge in [0.15, 0.2) is 5.69 Å². The molecule has 0 atom stereocenters. The Morgan fingerprint density at radius 3 is 2.33 bits per heavy atom. The summed E-state index contributed by atoms with van der Waals surface area (Å²) in [5.41, 5.74) is 2.20. The van der Waals surface area contributed by atoms with Gasteiger partial charge in [0, 0.05) is 11.9 Å². The third-order valence-electron chi connectivity index (χ3n) is 4.83. The first-order valence-electron chi connectivity index (χ1n) is 10.3. The molecule has 0 radical (unpaired) electrons. The predicted molar refractivity (Wildman–Crippen MR) is 117 cm³/mol. The second-order valence-corrected chi connectivity index (χ2v) is 7.21. The summed E-state index contributed by atoms with van der Waals surface area (Å²) in [6.07, 6.45) is -2.15. The Morgan fingerprint density at radius 1 is 0.970 bits per heavy atom. The van der Waals surface area contributed by atoms with Crippen molar-refractivity contribution in [1.82, 2.24) is 20.6 Å². The van der Waals surface area contributed by atoms with Gasteiger partial charge in [-0.25, -0.2) is 14.9 Å². The number of hydrogen-bond acceptors (Lipinski definition) is 4. The minimum atomic E-state index is -4.67. The van der Waals surface area contributed by atoms with Crippen LogP contribution in [0.5, 0.6) is 0 Å². The zero-order valence-corrected chi connectivity index (χ0v) is 17.7. The fourth-order valence-electron chi connectivity index (χ4n) is 3.23. The maximum Gasteiger partial charge on any atom is 0.418 e. The number of benzene rings is 2. The molecule has 2 aromatic carbocycles. The molecule has 0 aliphatic heterocycles. The van der Waals surface area contributed by atoms with Crippen molar-refractivity contribution in [3.63, 3.8) is 0 Å². The van der Waals surface area contributed by atoms with Gasteiger partial charge in [0.1, 0.15) is 0 Å². The molecule has 0 fully saturated rings. The van der Waals surface area contributed by atoms with Crippen molar-refractivity contribution in [2.45, 2.75) is 38.9 Å². The summed E-state index contributed by atoms with van der Waals surface area (Å²) >= 11 is 0. The van der Waals surface area contributed by atoms with E-state index in [9.17, 15) is 27.6 Å². The predicted octanol–water partition coefficient (Wildman–Crippen LogP) is 4.07. The van der Waals surface area contributed by atoms with E-state index in [2.05, 4.69) is 15.8 Å². The number of carbonyl (C=O) groups excluding carboxylic acids is 2. The van der Waals surface area contributed by atoms with E-state index in [1.165, 1.54) is 16.8 Å². The number of nitrogens with zero attached hydrogens (tertiary/aromatic N) is 2. The smallest absolute Gasteiger partial charge is 0.306 e. The molecule has 174 valence electrons. The number of amides is 3. The molecule has 8 nitrogen and oxygen atoms in total. The van der Waals surface area contributed by atoms with Crippen LogP contribution in [-0.4, -0.2) is 21.7 Å². The number of rotatable bonds is 6. The number of aryl methyl sites for hydroxylation is 1. The summed E-state index contributed by atoms with van der Waals surface area (Å²) < 4.78 is 40.5. The number of carbonyl (C=O) groups is 2. The van der Waals surface area contributed by atoms with Crippen molar-refractivity contribution in [3.8, 4) is 0 Å². The van der Waals surface area contributed by atoms with E-state index in [0.717, 1.165) is 25.0 Å². The highest BCUT2D eigenvalue weighted by atomic mass is 19.4. The first kappa shape index (κ1) is 23.8. The van der Waals surface area contributed by atoms with Crippen LogP contribution in [0.3, 0.4) is 0 Å². The van der Waals surface area contributed by atoms with Crippen molar-refractivity contribution in [2.75, 3.05) is 5.32 Å². The van der Waals surface area contributed by atoms with Gasteiger partial charge >= 0.3 is 12.2 Å². The molecule has 1 aromatic heterocycles. The Labute approximate surface area is 186 Å². The van der Waals surface area contributed by atoms with Crippen LogP contribution < -0.4 is 21.7 Å². The van der Waals surface area contributed by atoms with Gasteiger partial charge in [0.05, 0.1) is 16.6 Å². The average molecular weight is 461 g/mol. The number of aromatic nitrogens is 2. The van der Waals surface area contributed by atoms with Crippen LogP contribution in [0.25, 0.3) is 10.8 Å². The van der Waals surface area contributed by atoms with Crippen molar-refractivity contribution in [3.05, 3.63) is 70.1 Å². The molecule has 3 amide bonds. The maximum atomic E-state index is 13.1. The van der Waals surface area contributed by atoms with Gasteiger partial charge in [-0.15, -0.1) is 0 Å². The van der Waals surface area contributed by atoms with Crippen LogP contribution in [0, 0.1) is 0 Å². The number of fused-ring (bicyclic) bond motifs is 1. The van der Waals surface area contributed by atoms with Crippen LogP contribution in [-0.2, 0) is 12.7 Å². The third kappa shape index (κ3) is 5.68.